The largest absolute Gasteiger partial charge is 0.478 e. The smallest absolute Gasteiger partial charge is 0.337 e. The molecular formula is C17H15BrN2O3S. The molecule has 2 heterocycles. The number of carboxylic acids is 1. The van der Waals surface area contributed by atoms with Crippen molar-refractivity contribution in [2.75, 3.05) is 0 Å². The summed E-state index contributed by atoms with van der Waals surface area (Å²) in [6.07, 6.45) is 1.53. The molecule has 0 saturated heterocycles. The zero-order valence-corrected chi connectivity index (χ0v) is 15.4. The van der Waals surface area contributed by atoms with Crippen molar-refractivity contribution in [3.05, 3.63) is 61.4 Å². The van der Waals surface area contributed by atoms with E-state index in [4.69, 9.17) is 0 Å². The van der Waals surface area contributed by atoms with Gasteiger partial charge in [0.05, 0.1) is 17.5 Å². The summed E-state index contributed by atoms with van der Waals surface area (Å²) in [5, 5.41) is 11.0. The average molecular weight is 407 g/mol. The Bertz CT molecular complexity index is 960. The van der Waals surface area contributed by atoms with E-state index >= 15 is 0 Å². The lowest BCUT2D eigenvalue weighted by molar-refractivity contribution is 0.0699. The Morgan fingerprint density at radius 2 is 2.04 bits per heavy atom. The molecule has 0 aliphatic heterocycles. The van der Waals surface area contributed by atoms with Crippen LogP contribution in [0.1, 0.15) is 35.1 Å². The van der Waals surface area contributed by atoms with Crippen molar-refractivity contribution in [1.82, 2.24) is 9.55 Å². The molecule has 0 aliphatic rings. The third-order valence-corrected chi connectivity index (χ3v) is 5.13. The van der Waals surface area contributed by atoms with E-state index in [2.05, 4.69) is 20.9 Å². The standard InChI is InChI=1S/C17H15BrN2O3S/c1-2-3-13-19-15-14(12(9-24-15)17(22)23)16(21)20(13)8-10-4-6-11(18)7-5-10/h4-7,9H,2-3,8H2,1H3,(H,22,23). The van der Waals surface area contributed by atoms with Gasteiger partial charge >= 0.3 is 5.97 Å². The highest BCUT2D eigenvalue weighted by atomic mass is 79.9. The van der Waals surface area contributed by atoms with Gasteiger partial charge in [-0.05, 0) is 24.1 Å². The molecule has 24 heavy (non-hydrogen) atoms. The molecule has 1 aromatic carbocycles. The number of aromatic nitrogens is 2. The molecule has 0 atom stereocenters. The summed E-state index contributed by atoms with van der Waals surface area (Å²) in [7, 11) is 0. The molecule has 0 fully saturated rings. The van der Waals surface area contributed by atoms with E-state index in [0.717, 1.165) is 16.5 Å². The van der Waals surface area contributed by atoms with Crippen molar-refractivity contribution in [1.29, 1.82) is 0 Å². The van der Waals surface area contributed by atoms with Crippen LogP contribution in [0.15, 0.2) is 38.9 Å². The highest BCUT2D eigenvalue weighted by Crippen LogP contribution is 2.22. The normalized spacial score (nSPS) is 11.1. The highest BCUT2D eigenvalue weighted by molar-refractivity contribution is 9.10. The number of aromatic carboxylic acids is 1. The number of nitrogens with zero attached hydrogens (tertiary/aromatic N) is 2. The maximum Gasteiger partial charge on any atom is 0.337 e. The summed E-state index contributed by atoms with van der Waals surface area (Å²) in [5.74, 6) is -0.407. The Kier molecular flexibility index (Phi) is 4.82. The van der Waals surface area contributed by atoms with Crippen LogP contribution in [0.25, 0.3) is 10.2 Å². The minimum absolute atomic E-state index is 0.0279. The van der Waals surface area contributed by atoms with Crippen molar-refractivity contribution in [3.63, 3.8) is 0 Å². The first kappa shape index (κ1) is 16.9. The Labute approximate surface area is 150 Å². The van der Waals surface area contributed by atoms with Crippen LogP contribution in [0.3, 0.4) is 0 Å². The van der Waals surface area contributed by atoms with Crippen molar-refractivity contribution in [2.24, 2.45) is 0 Å². The lowest BCUT2D eigenvalue weighted by Crippen LogP contribution is -2.26. The minimum Gasteiger partial charge on any atom is -0.478 e. The lowest BCUT2D eigenvalue weighted by Gasteiger charge is -2.12. The molecule has 124 valence electrons. The minimum atomic E-state index is -1.10. The Morgan fingerprint density at radius 1 is 1.33 bits per heavy atom. The first-order chi connectivity index (χ1) is 11.5. The quantitative estimate of drug-likeness (QED) is 0.696. The van der Waals surface area contributed by atoms with Crippen LogP contribution in [0, 0.1) is 0 Å². The Balaban J connectivity index is 2.19. The molecule has 0 amide bonds. The number of rotatable bonds is 5. The number of hydrogen-bond donors (Lipinski definition) is 1. The highest BCUT2D eigenvalue weighted by Gasteiger charge is 2.19. The molecule has 1 N–H and O–H groups in total. The number of fused-ring (bicyclic) bond motifs is 1. The second-order valence-electron chi connectivity index (χ2n) is 5.43. The van der Waals surface area contributed by atoms with Crippen LogP contribution in [0.5, 0.6) is 0 Å². The van der Waals surface area contributed by atoms with E-state index in [0.29, 0.717) is 23.6 Å². The van der Waals surface area contributed by atoms with Crippen molar-refractivity contribution in [2.45, 2.75) is 26.3 Å². The van der Waals surface area contributed by atoms with Gasteiger partial charge in [-0.3, -0.25) is 9.36 Å². The number of benzene rings is 1. The topological polar surface area (TPSA) is 72.2 Å². The van der Waals surface area contributed by atoms with Crippen LogP contribution in [-0.2, 0) is 13.0 Å². The maximum atomic E-state index is 12.9. The molecular weight excluding hydrogens is 392 g/mol. The lowest BCUT2D eigenvalue weighted by atomic mass is 10.2. The fourth-order valence-electron chi connectivity index (χ4n) is 2.57. The molecule has 0 unspecified atom stereocenters. The predicted molar refractivity (Wildman–Crippen MR) is 98.1 cm³/mol. The fourth-order valence-corrected chi connectivity index (χ4v) is 3.76. The van der Waals surface area contributed by atoms with Gasteiger partial charge in [-0.25, -0.2) is 9.78 Å². The third kappa shape index (κ3) is 3.14. The zero-order chi connectivity index (χ0) is 17.3. The Hall–Kier alpha value is -1.99. The summed E-state index contributed by atoms with van der Waals surface area (Å²) >= 11 is 4.59. The molecule has 0 spiro atoms. The van der Waals surface area contributed by atoms with Crippen molar-refractivity contribution in [3.8, 4) is 0 Å². The van der Waals surface area contributed by atoms with E-state index in [1.807, 2.05) is 31.2 Å². The van der Waals surface area contributed by atoms with Gasteiger partial charge in [0, 0.05) is 16.3 Å². The van der Waals surface area contributed by atoms with Gasteiger partial charge in [0.15, 0.2) is 0 Å². The number of hydrogen-bond acceptors (Lipinski definition) is 4. The molecule has 2 aromatic heterocycles. The van der Waals surface area contributed by atoms with Crippen molar-refractivity contribution >= 4 is 43.5 Å². The number of halogens is 1. The second kappa shape index (κ2) is 6.86. The van der Waals surface area contributed by atoms with Gasteiger partial charge in [-0.1, -0.05) is 35.0 Å². The molecule has 0 saturated carbocycles. The van der Waals surface area contributed by atoms with Crippen LogP contribution < -0.4 is 5.56 Å². The monoisotopic (exact) mass is 406 g/mol. The number of aryl methyl sites for hydroxylation is 1. The van der Waals surface area contributed by atoms with Gasteiger partial charge < -0.3 is 5.11 Å². The molecule has 3 rings (SSSR count). The number of carbonyl (C=O) groups is 1. The summed E-state index contributed by atoms with van der Waals surface area (Å²) in [5.41, 5.74) is 0.705. The SMILES string of the molecule is CCCc1nc2scc(C(=O)O)c2c(=O)n1Cc1ccc(Br)cc1. The maximum absolute atomic E-state index is 12.9. The molecule has 0 radical (unpaired) electrons. The Morgan fingerprint density at radius 3 is 2.67 bits per heavy atom. The van der Waals surface area contributed by atoms with E-state index < -0.39 is 5.97 Å². The number of carboxylic acid groups (broad SMARTS) is 1. The van der Waals surface area contributed by atoms with Gasteiger partial charge in [-0.2, -0.15) is 0 Å². The average Bonchev–Trinajstić information content (AvgIpc) is 2.97. The van der Waals surface area contributed by atoms with Gasteiger partial charge in [0.1, 0.15) is 10.7 Å². The summed E-state index contributed by atoms with van der Waals surface area (Å²) in [4.78, 5) is 29.4. The van der Waals surface area contributed by atoms with Crippen LogP contribution in [0.4, 0.5) is 0 Å². The second-order valence-corrected chi connectivity index (χ2v) is 7.20. The summed E-state index contributed by atoms with van der Waals surface area (Å²) < 4.78 is 2.56. The molecule has 0 aliphatic carbocycles. The zero-order valence-electron chi connectivity index (χ0n) is 13.0. The van der Waals surface area contributed by atoms with Crippen LogP contribution in [-0.4, -0.2) is 20.6 Å². The van der Waals surface area contributed by atoms with E-state index in [1.165, 1.54) is 16.7 Å². The molecule has 3 aromatic rings. The predicted octanol–water partition coefficient (Wildman–Crippen LogP) is 3.92. The molecule has 5 nitrogen and oxygen atoms in total. The van der Waals surface area contributed by atoms with Gasteiger partial charge in [0.25, 0.3) is 5.56 Å². The summed E-state index contributed by atoms with van der Waals surface area (Å²) in [6.45, 7) is 2.40. The van der Waals surface area contributed by atoms with E-state index in [-0.39, 0.29) is 16.5 Å². The third-order valence-electron chi connectivity index (χ3n) is 3.73. The first-order valence-electron chi connectivity index (χ1n) is 7.50. The van der Waals surface area contributed by atoms with Gasteiger partial charge in [0.2, 0.25) is 0 Å². The molecule has 7 heteroatoms. The van der Waals surface area contributed by atoms with Crippen molar-refractivity contribution < 1.29 is 9.90 Å². The number of thiophene rings is 1. The van der Waals surface area contributed by atoms with E-state index in [9.17, 15) is 14.7 Å². The van der Waals surface area contributed by atoms with E-state index in [1.54, 1.807) is 4.57 Å². The summed E-state index contributed by atoms with van der Waals surface area (Å²) in [6, 6.07) is 7.70. The fraction of sp³-hybridized carbons (Fsp3) is 0.235. The molecule has 0 bridgehead atoms. The first-order valence-corrected chi connectivity index (χ1v) is 9.17. The van der Waals surface area contributed by atoms with Crippen LogP contribution >= 0.6 is 27.3 Å². The van der Waals surface area contributed by atoms with Crippen LogP contribution in [0.2, 0.25) is 0 Å². The van der Waals surface area contributed by atoms with Gasteiger partial charge in [-0.15, -0.1) is 11.3 Å².